The Kier molecular flexibility index (Phi) is 0.960. The van der Waals surface area contributed by atoms with Crippen molar-refractivity contribution in [1.29, 1.82) is 0 Å². The van der Waals surface area contributed by atoms with Crippen molar-refractivity contribution >= 4 is 5.91 Å². The molecule has 2 saturated heterocycles. The Labute approximate surface area is 61.2 Å². The van der Waals surface area contributed by atoms with Gasteiger partial charge in [0, 0.05) is 19.5 Å². The lowest BCUT2D eigenvalue weighted by molar-refractivity contribution is -0.128. The van der Waals surface area contributed by atoms with Crippen molar-refractivity contribution in [3.63, 3.8) is 0 Å². The van der Waals surface area contributed by atoms with Crippen LogP contribution in [0.1, 0.15) is 26.7 Å². The van der Waals surface area contributed by atoms with Crippen LogP contribution in [0.4, 0.5) is 0 Å². The zero-order valence-corrected chi connectivity index (χ0v) is 6.55. The fourth-order valence-corrected chi connectivity index (χ4v) is 2.34. The van der Waals surface area contributed by atoms with Gasteiger partial charge in [-0.2, -0.15) is 0 Å². The van der Waals surface area contributed by atoms with Crippen LogP contribution in [0.3, 0.4) is 0 Å². The molecule has 2 heterocycles. The number of carbonyl (C=O) groups excluding carboxylic acids is 1. The normalized spacial score (nSPS) is 43.4. The highest BCUT2D eigenvalue weighted by Gasteiger charge is 2.52. The maximum absolute atomic E-state index is 11.0. The van der Waals surface area contributed by atoms with Crippen LogP contribution in [-0.2, 0) is 4.79 Å². The van der Waals surface area contributed by atoms with Gasteiger partial charge in [0.1, 0.15) is 0 Å². The zero-order valence-electron chi connectivity index (χ0n) is 6.55. The van der Waals surface area contributed by atoms with Crippen LogP contribution < -0.4 is 0 Å². The summed E-state index contributed by atoms with van der Waals surface area (Å²) >= 11 is 0. The van der Waals surface area contributed by atoms with E-state index in [1.807, 2.05) is 4.90 Å². The lowest BCUT2D eigenvalue weighted by Gasteiger charge is -2.32. The molecule has 0 aromatic heterocycles. The molecule has 0 N–H and O–H groups in total. The molecule has 1 aliphatic carbocycles. The highest BCUT2D eigenvalue weighted by Crippen LogP contribution is 2.51. The number of nitrogens with zero attached hydrogens (tertiary/aromatic N) is 1. The van der Waals surface area contributed by atoms with Gasteiger partial charge in [-0.05, 0) is 18.3 Å². The lowest BCUT2D eigenvalue weighted by Crippen LogP contribution is -2.34. The SMILES string of the molecule is CC(=O)N1CC2(C)CC1C2. The Morgan fingerprint density at radius 1 is 1.60 bits per heavy atom. The molecule has 2 aliphatic heterocycles. The largest absolute Gasteiger partial charge is 0.339 e. The molecule has 2 heteroatoms. The number of hydrogen-bond donors (Lipinski definition) is 0. The van der Waals surface area contributed by atoms with Gasteiger partial charge >= 0.3 is 0 Å². The first-order valence-electron chi connectivity index (χ1n) is 3.88. The molecular weight excluding hydrogens is 126 g/mol. The average molecular weight is 139 g/mol. The smallest absolute Gasteiger partial charge is 0.219 e. The van der Waals surface area contributed by atoms with Crippen molar-refractivity contribution in [2.24, 2.45) is 5.41 Å². The third-order valence-electron chi connectivity index (χ3n) is 2.85. The van der Waals surface area contributed by atoms with Crippen LogP contribution in [0.5, 0.6) is 0 Å². The minimum atomic E-state index is 0.256. The molecule has 2 bridgehead atoms. The number of rotatable bonds is 0. The molecule has 10 heavy (non-hydrogen) atoms. The molecule has 0 aromatic rings. The van der Waals surface area contributed by atoms with Crippen molar-refractivity contribution in [3.05, 3.63) is 0 Å². The molecule has 3 rings (SSSR count). The third kappa shape index (κ3) is 0.619. The van der Waals surface area contributed by atoms with E-state index in [0.717, 1.165) is 6.54 Å². The van der Waals surface area contributed by atoms with Gasteiger partial charge in [0.2, 0.25) is 5.91 Å². The average Bonchev–Trinajstić information content (AvgIpc) is 2.17. The first-order chi connectivity index (χ1) is 4.61. The van der Waals surface area contributed by atoms with Gasteiger partial charge in [-0.15, -0.1) is 0 Å². The second-order valence-electron chi connectivity index (χ2n) is 4.02. The van der Waals surface area contributed by atoms with E-state index in [0.29, 0.717) is 11.5 Å². The lowest BCUT2D eigenvalue weighted by atomic mass is 9.72. The minimum absolute atomic E-state index is 0.256. The standard InChI is InChI=1S/C8H13NO/c1-6(10)9-5-8(2)3-7(9)4-8/h7H,3-5H2,1-2H3. The summed E-state index contributed by atoms with van der Waals surface area (Å²) in [4.78, 5) is 13.0. The van der Waals surface area contributed by atoms with Crippen molar-refractivity contribution in [2.45, 2.75) is 32.7 Å². The summed E-state index contributed by atoms with van der Waals surface area (Å²) in [5.74, 6) is 0.256. The van der Waals surface area contributed by atoms with Gasteiger partial charge in [-0.3, -0.25) is 4.79 Å². The number of hydrogen-bond acceptors (Lipinski definition) is 1. The van der Waals surface area contributed by atoms with Crippen LogP contribution in [0.2, 0.25) is 0 Å². The van der Waals surface area contributed by atoms with Gasteiger partial charge in [-0.25, -0.2) is 0 Å². The predicted molar refractivity (Wildman–Crippen MR) is 38.5 cm³/mol. The highest BCUT2D eigenvalue weighted by atomic mass is 16.2. The second kappa shape index (κ2) is 1.55. The van der Waals surface area contributed by atoms with Crippen molar-refractivity contribution in [2.75, 3.05) is 6.54 Å². The Balaban J connectivity index is 2.12. The molecule has 0 spiro atoms. The van der Waals surface area contributed by atoms with E-state index < -0.39 is 0 Å². The second-order valence-corrected chi connectivity index (χ2v) is 4.02. The summed E-state index contributed by atoms with van der Waals surface area (Å²) in [7, 11) is 0. The van der Waals surface area contributed by atoms with Crippen LogP contribution >= 0.6 is 0 Å². The molecule has 0 aromatic carbocycles. The monoisotopic (exact) mass is 139 g/mol. The predicted octanol–water partition coefficient (Wildman–Crippen LogP) is 1.02. The highest BCUT2D eigenvalue weighted by molar-refractivity contribution is 5.74. The molecule has 3 fully saturated rings. The zero-order chi connectivity index (χ0) is 7.35. The van der Waals surface area contributed by atoms with Crippen LogP contribution in [0.15, 0.2) is 0 Å². The maximum Gasteiger partial charge on any atom is 0.219 e. The Bertz CT molecular complexity index is 182. The Morgan fingerprint density at radius 2 is 2.20 bits per heavy atom. The molecule has 0 unspecified atom stereocenters. The topological polar surface area (TPSA) is 20.3 Å². The van der Waals surface area contributed by atoms with Crippen molar-refractivity contribution < 1.29 is 4.79 Å². The molecule has 56 valence electrons. The van der Waals surface area contributed by atoms with Crippen LogP contribution in [0, 0.1) is 5.41 Å². The van der Waals surface area contributed by atoms with Crippen LogP contribution in [0.25, 0.3) is 0 Å². The van der Waals surface area contributed by atoms with Gasteiger partial charge in [0.05, 0.1) is 0 Å². The fraction of sp³-hybridized carbons (Fsp3) is 0.875. The number of amides is 1. The molecule has 0 atom stereocenters. The molecule has 3 aliphatic rings. The van der Waals surface area contributed by atoms with Gasteiger partial charge in [0.15, 0.2) is 0 Å². The van der Waals surface area contributed by atoms with E-state index in [-0.39, 0.29) is 5.91 Å². The van der Waals surface area contributed by atoms with Gasteiger partial charge in [-0.1, -0.05) is 6.92 Å². The Hall–Kier alpha value is -0.530. The summed E-state index contributed by atoms with van der Waals surface area (Å²) in [6.07, 6.45) is 2.49. The fourth-order valence-electron chi connectivity index (χ4n) is 2.34. The minimum Gasteiger partial charge on any atom is -0.339 e. The van der Waals surface area contributed by atoms with E-state index in [2.05, 4.69) is 6.92 Å². The maximum atomic E-state index is 11.0. The van der Waals surface area contributed by atoms with Crippen molar-refractivity contribution in [1.82, 2.24) is 4.90 Å². The number of fused-ring (bicyclic) bond motifs is 1. The molecule has 1 amide bonds. The molecular formula is C8H13NO. The molecule has 1 saturated carbocycles. The van der Waals surface area contributed by atoms with Gasteiger partial charge in [0.25, 0.3) is 0 Å². The first-order valence-corrected chi connectivity index (χ1v) is 3.88. The molecule has 2 nitrogen and oxygen atoms in total. The summed E-state index contributed by atoms with van der Waals surface area (Å²) < 4.78 is 0. The van der Waals surface area contributed by atoms with E-state index in [1.165, 1.54) is 12.8 Å². The number of carbonyl (C=O) groups is 1. The van der Waals surface area contributed by atoms with Gasteiger partial charge < -0.3 is 4.90 Å². The Morgan fingerprint density at radius 3 is 2.40 bits per heavy atom. The van der Waals surface area contributed by atoms with Crippen LogP contribution in [-0.4, -0.2) is 23.4 Å². The quantitative estimate of drug-likeness (QED) is 0.490. The van der Waals surface area contributed by atoms with E-state index in [1.54, 1.807) is 6.92 Å². The van der Waals surface area contributed by atoms with E-state index >= 15 is 0 Å². The summed E-state index contributed by atoms with van der Waals surface area (Å²) in [5.41, 5.74) is 0.496. The summed E-state index contributed by atoms with van der Waals surface area (Å²) in [5, 5.41) is 0. The van der Waals surface area contributed by atoms with E-state index in [4.69, 9.17) is 0 Å². The molecule has 0 radical (unpaired) electrons. The first kappa shape index (κ1) is 6.20. The van der Waals surface area contributed by atoms with Crippen molar-refractivity contribution in [3.8, 4) is 0 Å². The third-order valence-corrected chi connectivity index (χ3v) is 2.85. The summed E-state index contributed by atoms with van der Waals surface area (Å²) in [6, 6.07) is 0.600. The van der Waals surface area contributed by atoms with E-state index in [9.17, 15) is 4.79 Å². The summed E-state index contributed by atoms with van der Waals surface area (Å²) in [6.45, 7) is 4.95.